The molecule has 2 aromatic rings. The van der Waals surface area contributed by atoms with Gasteiger partial charge in [-0.2, -0.15) is 0 Å². The third-order valence-electron chi connectivity index (χ3n) is 3.65. The molecule has 0 aliphatic carbocycles. The zero-order valence-electron chi connectivity index (χ0n) is 15.0. The standard InChI is InChI=1S/C21H25NO3/c1-4-24-19-13-11-17(15-20(19)25-5-2)12-14-21(23)22-16(3)18-9-7-6-8-10-18/h6-16H,4-5H2,1-3H3,(H,22,23). The Bertz CT molecular complexity index is 710. The molecule has 0 heterocycles. The number of hydrogen-bond acceptors (Lipinski definition) is 3. The van der Waals surface area contributed by atoms with Gasteiger partial charge in [-0.15, -0.1) is 0 Å². The van der Waals surface area contributed by atoms with E-state index in [1.807, 2.05) is 69.3 Å². The molecule has 0 aliphatic rings. The zero-order chi connectivity index (χ0) is 18.1. The summed E-state index contributed by atoms with van der Waals surface area (Å²) in [6, 6.07) is 15.5. The molecule has 0 bridgehead atoms. The predicted octanol–water partition coefficient (Wildman–Crippen LogP) is 4.37. The lowest BCUT2D eigenvalue weighted by atomic mass is 10.1. The van der Waals surface area contributed by atoms with E-state index in [9.17, 15) is 4.79 Å². The van der Waals surface area contributed by atoms with Crippen LogP contribution in [0.25, 0.3) is 6.08 Å². The van der Waals surface area contributed by atoms with Crippen LogP contribution in [0.4, 0.5) is 0 Å². The summed E-state index contributed by atoms with van der Waals surface area (Å²) in [5.74, 6) is 1.26. The fourth-order valence-electron chi connectivity index (χ4n) is 2.43. The Morgan fingerprint density at radius 1 is 1.04 bits per heavy atom. The highest BCUT2D eigenvalue weighted by molar-refractivity contribution is 5.92. The van der Waals surface area contributed by atoms with Crippen molar-refractivity contribution in [1.82, 2.24) is 5.32 Å². The Morgan fingerprint density at radius 3 is 2.40 bits per heavy atom. The largest absolute Gasteiger partial charge is 0.490 e. The topological polar surface area (TPSA) is 47.6 Å². The molecule has 0 aliphatic heterocycles. The van der Waals surface area contributed by atoms with Crippen molar-refractivity contribution in [3.05, 3.63) is 65.7 Å². The van der Waals surface area contributed by atoms with Crippen molar-refractivity contribution in [3.8, 4) is 11.5 Å². The fraction of sp³-hybridized carbons (Fsp3) is 0.286. The van der Waals surface area contributed by atoms with Gasteiger partial charge in [-0.3, -0.25) is 4.79 Å². The number of amides is 1. The average Bonchev–Trinajstić information content (AvgIpc) is 2.63. The van der Waals surface area contributed by atoms with Crippen LogP contribution in [0.5, 0.6) is 11.5 Å². The first-order valence-electron chi connectivity index (χ1n) is 8.57. The number of hydrogen-bond donors (Lipinski definition) is 1. The molecular weight excluding hydrogens is 314 g/mol. The minimum absolute atomic E-state index is 0.0438. The maximum Gasteiger partial charge on any atom is 0.244 e. The molecule has 1 amide bonds. The lowest BCUT2D eigenvalue weighted by molar-refractivity contribution is -0.117. The smallest absolute Gasteiger partial charge is 0.244 e. The van der Waals surface area contributed by atoms with Crippen LogP contribution in [0.15, 0.2) is 54.6 Å². The van der Waals surface area contributed by atoms with Crippen molar-refractivity contribution < 1.29 is 14.3 Å². The van der Waals surface area contributed by atoms with Crippen LogP contribution < -0.4 is 14.8 Å². The normalized spacial score (nSPS) is 12.0. The van der Waals surface area contributed by atoms with E-state index in [1.54, 1.807) is 6.08 Å². The molecule has 4 heteroatoms. The Labute approximate surface area is 149 Å². The molecule has 0 spiro atoms. The van der Waals surface area contributed by atoms with Gasteiger partial charge in [-0.25, -0.2) is 0 Å². The number of carbonyl (C=O) groups excluding carboxylic acids is 1. The zero-order valence-corrected chi connectivity index (χ0v) is 15.0. The molecule has 1 N–H and O–H groups in total. The van der Waals surface area contributed by atoms with Gasteiger partial charge >= 0.3 is 0 Å². The second kappa shape index (κ2) is 9.52. The van der Waals surface area contributed by atoms with Crippen LogP contribution in [0.2, 0.25) is 0 Å². The van der Waals surface area contributed by atoms with E-state index in [0.717, 1.165) is 11.1 Å². The van der Waals surface area contributed by atoms with Gasteiger partial charge in [0.2, 0.25) is 5.91 Å². The van der Waals surface area contributed by atoms with Crippen LogP contribution >= 0.6 is 0 Å². The Kier molecular flexibility index (Phi) is 7.08. The SMILES string of the molecule is CCOc1ccc(C=CC(=O)NC(C)c2ccccc2)cc1OCC. The highest BCUT2D eigenvalue weighted by Gasteiger charge is 2.07. The summed E-state index contributed by atoms with van der Waals surface area (Å²) in [5, 5.41) is 2.96. The lowest BCUT2D eigenvalue weighted by Gasteiger charge is -2.13. The Hall–Kier alpha value is -2.75. The summed E-state index contributed by atoms with van der Waals surface area (Å²) < 4.78 is 11.1. The minimum atomic E-state index is -0.136. The van der Waals surface area contributed by atoms with Crippen molar-refractivity contribution in [3.63, 3.8) is 0 Å². The van der Waals surface area contributed by atoms with Gasteiger partial charge in [0.05, 0.1) is 19.3 Å². The van der Waals surface area contributed by atoms with Crippen molar-refractivity contribution in [2.75, 3.05) is 13.2 Å². The molecule has 2 aromatic carbocycles. The summed E-state index contributed by atoms with van der Waals surface area (Å²) in [6.07, 6.45) is 3.30. The van der Waals surface area contributed by atoms with E-state index in [2.05, 4.69) is 5.32 Å². The van der Waals surface area contributed by atoms with Gasteiger partial charge in [0, 0.05) is 6.08 Å². The summed E-state index contributed by atoms with van der Waals surface area (Å²) in [4.78, 5) is 12.1. The van der Waals surface area contributed by atoms with Crippen molar-refractivity contribution >= 4 is 12.0 Å². The quantitative estimate of drug-likeness (QED) is 0.726. The first-order valence-corrected chi connectivity index (χ1v) is 8.57. The Balaban J connectivity index is 2.02. The molecule has 2 rings (SSSR count). The van der Waals surface area contributed by atoms with Gasteiger partial charge < -0.3 is 14.8 Å². The predicted molar refractivity (Wildman–Crippen MR) is 101 cm³/mol. The van der Waals surface area contributed by atoms with E-state index in [4.69, 9.17) is 9.47 Å². The van der Waals surface area contributed by atoms with Gasteiger partial charge in [0.25, 0.3) is 0 Å². The average molecular weight is 339 g/mol. The fourth-order valence-corrected chi connectivity index (χ4v) is 2.43. The maximum absolute atomic E-state index is 12.1. The molecule has 1 atom stereocenters. The van der Waals surface area contributed by atoms with Crippen molar-refractivity contribution in [2.45, 2.75) is 26.8 Å². The first kappa shape index (κ1) is 18.6. The van der Waals surface area contributed by atoms with Gasteiger partial charge in [0.15, 0.2) is 11.5 Å². The number of nitrogens with one attached hydrogen (secondary N) is 1. The highest BCUT2D eigenvalue weighted by Crippen LogP contribution is 2.29. The van der Waals surface area contributed by atoms with Crippen LogP contribution in [0.3, 0.4) is 0 Å². The monoisotopic (exact) mass is 339 g/mol. The molecule has 25 heavy (non-hydrogen) atoms. The van der Waals surface area contributed by atoms with Crippen molar-refractivity contribution in [1.29, 1.82) is 0 Å². The van der Waals surface area contributed by atoms with E-state index in [1.165, 1.54) is 6.08 Å². The van der Waals surface area contributed by atoms with Crippen molar-refractivity contribution in [2.24, 2.45) is 0 Å². The molecule has 1 unspecified atom stereocenters. The number of rotatable bonds is 8. The molecule has 4 nitrogen and oxygen atoms in total. The van der Waals surface area contributed by atoms with Crippen LogP contribution in [-0.4, -0.2) is 19.1 Å². The number of benzene rings is 2. The summed E-state index contributed by atoms with van der Waals surface area (Å²) in [5.41, 5.74) is 1.96. The molecule has 0 radical (unpaired) electrons. The molecular formula is C21H25NO3. The molecule has 0 saturated carbocycles. The lowest BCUT2D eigenvalue weighted by Crippen LogP contribution is -2.24. The van der Waals surface area contributed by atoms with Crippen LogP contribution in [0.1, 0.15) is 37.9 Å². The molecule has 0 saturated heterocycles. The number of ether oxygens (including phenoxy) is 2. The van der Waals surface area contributed by atoms with E-state index >= 15 is 0 Å². The van der Waals surface area contributed by atoms with Crippen LogP contribution in [-0.2, 0) is 4.79 Å². The minimum Gasteiger partial charge on any atom is -0.490 e. The van der Waals surface area contributed by atoms with E-state index in [-0.39, 0.29) is 11.9 Å². The second-order valence-corrected chi connectivity index (χ2v) is 5.55. The third-order valence-corrected chi connectivity index (χ3v) is 3.65. The summed E-state index contributed by atoms with van der Waals surface area (Å²) in [6.45, 7) is 6.96. The second-order valence-electron chi connectivity index (χ2n) is 5.55. The van der Waals surface area contributed by atoms with Gasteiger partial charge in [-0.1, -0.05) is 36.4 Å². The number of carbonyl (C=O) groups is 1. The maximum atomic E-state index is 12.1. The van der Waals surface area contributed by atoms with E-state index < -0.39 is 0 Å². The summed E-state index contributed by atoms with van der Waals surface area (Å²) >= 11 is 0. The van der Waals surface area contributed by atoms with Crippen LogP contribution in [0, 0.1) is 0 Å². The highest BCUT2D eigenvalue weighted by atomic mass is 16.5. The van der Waals surface area contributed by atoms with Gasteiger partial charge in [-0.05, 0) is 50.1 Å². The Morgan fingerprint density at radius 2 is 1.72 bits per heavy atom. The van der Waals surface area contributed by atoms with E-state index in [0.29, 0.717) is 24.7 Å². The molecule has 132 valence electrons. The van der Waals surface area contributed by atoms with Gasteiger partial charge in [0.1, 0.15) is 0 Å². The molecule has 0 fully saturated rings. The first-order chi connectivity index (χ1) is 12.1. The third kappa shape index (κ3) is 5.68. The molecule has 0 aromatic heterocycles. The summed E-state index contributed by atoms with van der Waals surface area (Å²) in [7, 11) is 0.